The number of hydrogen-bond acceptors (Lipinski definition) is 5. The molecule has 0 radical (unpaired) electrons. The summed E-state index contributed by atoms with van der Waals surface area (Å²) >= 11 is 5.90. The molecule has 0 saturated carbocycles. The molecule has 0 saturated heterocycles. The Bertz CT molecular complexity index is 153. The van der Waals surface area contributed by atoms with E-state index in [1.165, 1.54) is 0 Å². The summed E-state index contributed by atoms with van der Waals surface area (Å²) in [5.74, 6) is 0. The van der Waals surface area contributed by atoms with Crippen molar-refractivity contribution in [2.24, 2.45) is 0 Å². The highest BCUT2D eigenvalue weighted by atomic mass is 32.8. The van der Waals surface area contributed by atoms with Gasteiger partial charge in [-0.2, -0.15) is 11.5 Å². The number of rotatable bonds is 4. The van der Waals surface area contributed by atoms with Gasteiger partial charge in [-0.25, -0.2) is 0 Å². The molecule has 0 aromatic carbocycles. The summed E-state index contributed by atoms with van der Waals surface area (Å²) in [4.78, 5) is 0. The first kappa shape index (κ1) is 11.1. The monoisotopic (exact) mass is 242 g/mol. The molecular weight excluding hydrogens is 240 g/mol. The SMILES string of the molecule is O=S(OS(O)=S)OS(O)=S. The molecule has 62 valence electrons. The van der Waals surface area contributed by atoms with Gasteiger partial charge in [0.25, 0.3) is 0 Å². The summed E-state index contributed by atoms with van der Waals surface area (Å²) in [5.41, 5.74) is 0. The predicted octanol–water partition coefficient (Wildman–Crippen LogP) is -0.465. The van der Waals surface area contributed by atoms with Crippen molar-refractivity contribution in [2.45, 2.75) is 0 Å². The highest BCUT2D eigenvalue weighted by molar-refractivity contribution is 8.27. The standard InChI is InChI=1S/H2O5S5/c1-8(4-9(2)6)5-10(3)7/h(H,2,6)(H,3,7). The molecule has 10 heteroatoms. The molecule has 0 aromatic heterocycles. The predicted molar refractivity (Wildman–Crippen MR) is 45.0 cm³/mol. The summed E-state index contributed by atoms with van der Waals surface area (Å²) in [5, 5.41) is 0. The van der Waals surface area contributed by atoms with Gasteiger partial charge in [-0.15, -0.1) is 0 Å². The van der Waals surface area contributed by atoms with Crippen LogP contribution in [0.25, 0.3) is 0 Å². The van der Waals surface area contributed by atoms with Gasteiger partial charge in [-0.1, -0.05) is 0 Å². The van der Waals surface area contributed by atoms with E-state index >= 15 is 0 Å². The minimum Gasteiger partial charge on any atom is -0.305 e. The van der Waals surface area contributed by atoms with Crippen molar-refractivity contribution < 1.29 is 20.6 Å². The molecule has 0 aliphatic rings. The Balaban J connectivity index is 3.65. The van der Waals surface area contributed by atoms with Crippen molar-refractivity contribution in [3.05, 3.63) is 0 Å². The zero-order chi connectivity index (χ0) is 8.15. The molecular formula is H2O5S5. The quantitative estimate of drug-likeness (QED) is 0.690. The van der Waals surface area contributed by atoms with Crippen molar-refractivity contribution in [2.75, 3.05) is 0 Å². The molecule has 0 aromatic rings. The maximum absolute atomic E-state index is 10.3. The lowest BCUT2D eigenvalue weighted by Gasteiger charge is -1.96. The van der Waals surface area contributed by atoms with Gasteiger partial charge in [0.05, 0.1) is 0 Å². The van der Waals surface area contributed by atoms with Crippen LogP contribution in [-0.2, 0) is 61.0 Å². The Morgan fingerprint density at radius 2 is 1.40 bits per heavy atom. The third kappa shape index (κ3) is 7.24. The Kier molecular flexibility index (Phi) is 6.39. The van der Waals surface area contributed by atoms with Crippen LogP contribution < -0.4 is 0 Å². The van der Waals surface area contributed by atoms with E-state index in [0.29, 0.717) is 0 Å². The largest absolute Gasteiger partial charge is 0.332 e. The third-order valence-electron chi connectivity index (χ3n) is 0.228. The second-order valence-electron chi connectivity index (χ2n) is 0.774. The lowest BCUT2D eigenvalue weighted by molar-refractivity contribution is 0.465. The second-order valence-corrected chi connectivity index (χ2v) is 4.85. The van der Waals surface area contributed by atoms with Crippen molar-refractivity contribution in [3.8, 4) is 0 Å². The first-order chi connectivity index (χ1) is 4.52. The van der Waals surface area contributed by atoms with Crippen LogP contribution in [-0.4, -0.2) is 13.3 Å². The van der Waals surface area contributed by atoms with E-state index in [-0.39, 0.29) is 0 Å². The minimum atomic E-state index is -2.26. The van der Waals surface area contributed by atoms with Crippen LogP contribution in [0.15, 0.2) is 0 Å². The molecule has 10 heavy (non-hydrogen) atoms. The third-order valence-corrected chi connectivity index (χ3v) is 3.05. The van der Waals surface area contributed by atoms with E-state index in [1.807, 2.05) is 0 Å². The Morgan fingerprint density at radius 3 is 1.60 bits per heavy atom. The summed E-state index contributed by atoms with van der Waals surface area (Å²) in [6, 6.07) is 0. The molecule has 2 N–H and O–H groups in total. The van der Waals surface area contributed by atoms with E-state index in [1.54, 1.807) is 0 Å². The Labute approximate surface area is 74.2 Å². The van der Waals surface area contributed by atoms with E-state index in [2.05, 4.69) is 29.6 Å². The average Bonchev–Trinajstić information content (AvgIpc) is 1.58. The van der Waals surface area contributed by atoms with Gasteiger partial charge in [0.15, 0.2) is 20.0 Å². The molecule has 0 fully saturated rings. The Hall–Kier alpha value is 1.13. The maximum atomic E-state index is 10.3. The zero-order valence-electron chi connectivity index (χ0n) is 4.16. The molecule has 0 aliphatic heterocycles. The lowest BCUT2D eigenvalue weighted by atomic mass is 15.8. The van der Waals surface area contributed by atoms with Crippen LogP contribution in [0.3, 0.4) is 0 Å². The fourth-order valence-corrected chi connectivity index (χ4v) is 1.98. The normalized spacial score (nSPS) is 19.8. The lowest BCUT2D eigenvalue weighted by Crippen LogP contribution is -2.04. The van der Waals surface area contributed by atoms with Crippen molar-refractivity contribution >= 4 is 53.8 Å². The molecule has 2 unspecified atom stereocenters. The van der Waals surface area contributed by atoms with E-state index in [9.17, 15) is 4.21 Å². The van der Waals surface area contributed by atoms with Gasteiger partial charge in [0.1, 0.15) is 0 Å². The van der Waals surface area contributed by atoms with Crippen LogP contribution in [0.5, 0.6) is 0 Å². The molecule has 0 rings (SSSR count). The molecule has 0 heterocycles. The Morgan fingerprint density at radius 1 is 1.10 bits per heavy atom. The smallest absolute Gasteiger partial charge is 0.305 e. The van der Waals surface area contributed by atoms with Crippen molar-refractivity contribution in [1.29, 1.82) is 0 Å². The summed E-state index contributed by atoms with van der Waals surface area (Å²) in [6.07, 6.45) is 0. The molecule has 5 nitrogen and oxygen atoms in total. The summed E-state index contributed by atoms with van der Waals surface area (Å²) < 4.78 is 34.8. The molecule has 0 bridgehead atoms. The number of hydrogen-bond donors (Lipinski definition) is 2. The van der Waals surface area contributed by atoms with Gasteiger partial charge in [-0.05, 0) is 0 Å². The van der Waals surface area contributed by atoms with Gasteiger partial charge in [-0.3, -0.25) is 0 Å². The molecule has 0 aliphatic carbocycles. The van der Waals surface area contributed by atoms with Crippen LogP contribution in [0.4, 0.5) is 0 Å². The van der Waals surface area contributed by atoms with Gasteiger partial charge in [0, 0.05) is 22.4 Å². The van der Waals surface area contributed by atoms with E-state index in [4.69, 9.17) is 9.11 Å². The second kappa shape index (κ2) is 5.74. The topological polar surface area (TPSA) is 76.0 Å². The van der Waals surface area contributed by atoms with Gasteiger partial charge < -0.3 is 9.11 Å². The first-order valence-electron chi connectivity index (χ1n) is 1.53. The minimum absolute atomic E-state index is 1.86. The zero-order valence-corrected chi connectivity index (χ0v) is 8.24. The molecule has 0 amide bonds. The first-order valence-corrected chi connectivity index (χ1v) is 6.60. The van der Waals surface area contributed by atoms with Gasteiger partial charge in [0.2, 0.25) is 0 Å². The van der Waals surface area contributed by atoms with E-state index in [0.717, 1.165) is 0 Å². The maximum Gasteiger partial charge on any atom is 0.332 e. The average molecular weight is 242 g/mol. The van der Waals surface area contributed by atoms with Crippen LogP contribution >= 0.6 is 0 Å². The molecule has 0 spiro atoms. The summed E-state index contributed by atoms with van der Waals surface area (Å²) in [7, 11) is -3.71. The highest BCUT2D eigenvalue weighted by Gasteiger charge is 2.04. The fourth-order valence-electron chi connectivity index (χ4n) is 0.106. The van der Waals surface area contributed by atoms with Gasteiger partial charge >= 0.3 is 11.4 Å². The summed E-state index contributed by atoms with van der Waals surface area (Å²) in [6.45, 7) is 0. The van der Waals surface area contributed by atoms with Crippen LogP contribution in [0.2, 0.25) is 0 Å². The fraction of sp³-hybridized carbons (Fsp3) is 0. The highest BCUT2D eigenvalue weighted by Crippen LogP contribution is 1.93. The van der Waals surface area contributed by atoms with Crippen LogP contribution in [0.1, 0.15) is 0 Å². The molecule has 2 atom stereocenters. The van der Waals surface area contributed by atoms with Crippen LogP contribution in [0, 0.1) is 0 Å². The van der Waals surface area contributed by atoms with Crippen molar-refractivity contribution in [3.63, 3.8) is 0 Å². The van der Waals surface area contributed by atoms with E-state index < -0.39 is 31.4 Å². The van der Waals surface area contributed by atoms with Crippen molar-refractivity contribution in [1.82, 2.24) is 0 Å².